The molecule has 0 saturated carbocycles. The monoisotopic (exact) mass is 418 g/mol. The third kappa shape index (κ3) is 6.50. The zero-order valence-corrected chi connectivity index (χ0v) is 17.2. The van der Waals surface area contributed by atoms with E-state index in [0.29, 0.717) is 22.0 Å². The standard InChI is InChI=1S/C21H23ClN2O5/c1-13(2)19(24-20(26)16-9-4-5-10-17(16)28-3)21(27)29-12-18(25)23-15-8-6-7-14(22)11-15/h4-11,13,19H,12H2,1-3H3,(H,23,25)(H,24,26)/t19-/m0/s1. The molecular formula is C21H23ClN2O5. The molecule has 2 aromatic carbocycles. The van der Waals surface area contributed by atoms with E-state index >= 15 is 0 Å². The molecule has 2 aromatic rings. The van der Waals surface area contributed by atoms with Gasteiger partial charge in [0.25, 0.3) is 11.8 Å². The van der Waals surface area contributed by atoms with Crippen molar-refractivity contribution in [3.8, 4) is 5.75 Å². The van der Waals surface area contributed by atoms with Crippen LogP contribution >= 0.6 is 11.6 Å². The van der Waals surface area contributed by atoms with Gasteiger partial charge in [0.05, 0.1) is 12.7 Å². The second kappa shape index (κ2) is 10.5. The van der Waals surface area contributed by atoms with Crippen molar-refractivity contribution in [2.24, 2.45) is 5.92 Å². The predicted octanol–water partition coefficient (Wildman–Crippen LogP) is 3.28. The molecule has 8 heteroatoms. The van der Waals surface area contributed by atoms with Crippen molar-refractivity contribution in [1.82, 2.24) is 5.32 Å². The quantitative estimate of drug-likeness (QED) is 0.641. The van der Waals surface area contributed by atoms with Crippen molar-refractivity contribution < 1.29 is 23.9 Å². The molecule has 2 amide bonds. The molecule has 0 bridgehead atoms. The fraction of sp³-hybridized carbons (Fsp3) is 0.286. The SMILES string of the molecule is COc1ccccc1C(=O)N[C@H](C(=O)OCC(=O)Nc1cccc(Cl)c1)C(C)C. The summed E-state index contributed by atoms with van der Waals surface area (Å²) in [5, 5.41) is 5.70. The predicted molar refractivity (Wildman–Crippen MR) is 110 cm³/mol. The summed E-state index contributed by atoms with van der Waals surface area (Å²) in [6.07, 6.45) is 0. The van der Waals surface area contributed by atoms with Crippen LogP contribution < -0.4 is 15.4 Å². The van der Waals surface area contributed by atoms with Crippen LogP contribution in [-0.2, 0) is 14.3 Å². The minimum absolute atomic E-state index is 0.253. The van der Waals surface area contributed by atoms with Crippen molar-refractivity contribution in [2.75, 3.05) is 19.0 Å². The van der Waals surface area contributed by atoms with Crippen molar-refractivity contribution >= 4 is 35.1 Å². The Kier molecular flexibility index (Phi) is 8.03. The lowest BCUT2D eigenvalue weighted by atomic mass is 10.0. The lowest BCUT2D eigenvalue weighted by Gasteiger charge is -2.21. The maximum absolute atomic E-state index is 12.6. The summed E-state index contributed by atoms with van der Waals surface area (Å²) < 4.78 is 10.3. The number of amides is 2. The first-order valence-electron chi connectivity index (χ1n) is 8.97. The first kappa shape index (κ1) is 22.2. The van der Waals surface area contributed by atoms with Crippen LogP contribution in [-0.4, -0.2) is 37.5 Å². The van der Waals surface area contributed by atoms with E-state index in [9.17, 15) is 14.4 Å². The highest BCUT2D eigenvalue weighted by Gasteiger charge is 2.27. The number of carbonyl (C=O) groups excluding carboxylic acids is 3. The Labute approximate surface area is 174 Å². The summed E-state index contributed by atoms with van der Waals surface area (Å²) in [6, 6.07) is 12.4. The van der Waals surface area contributed by atoms with Crippen LogP contribution in [0.3, 0.4) is 0 Å². The van der Waals surface area contributed by atoms with E-state index < -0.39 is 30.4 Å². The van der Waals surface area contributed by atoms with Crippen LogP contribution in [0.25, 0.3) is 0 Å². The molecule has 29 heavy (non-hydrogen) atoms. The highest BCUT2D eigenvalue weighted by Crippen LogP contribution is 2.18. The third-order valence-corrected chi connectivity index (χ3v) is 4.25. The van der Waals surface area contributed by atoms with Crippen molar-refractivity contribution in [1.29, 1.82) is 0 Å². The van der Waals surface area contributed by atoms with Gasteiger partial charge in [-0.2, -0.15) is 0 Å². The Balaban J connectivity index is 1.96. The van der Waals surface area contributed by atoms with Gasteiger partial charge in [0.1, 0.15) is 11.8 Å². The van der Waals surface area contributed by atoms with Crippen LogP contribution in [0.15, 0.2) is 48.5 Å². The first-order valence-corrected chi connectivity index (χ1v) is 9.35. The molecule has 7 nitrogen and oxygen atoms in total. The average molecular weight is 419 g/mol. The Morgan fingerprint density at radius 3 is 2.45 bits per heavy atom. The molecule has 0 aromatic heterocycles. The van der Waals surface area contributed by atoms with Gasteiger partial charge >= 0.3 is 5.97 Å². The van der Waals surface area contributed by atoms with E-state index in [2.05, 4.69) is 10.6 Å². The molecule has 2 rings (SSSR count). The number of nitrogens with one attached hydrogen (secondary N) is 2. The van der Waals surface area contributed by atoms with Gasteiger partial charge in [-0.05, 0) is 36.2 Å². The fourth-order valence-electron chi connectivity index (χ4n) is 2.54. The summed E-state index contributed by atoms with van der Waals surface area (Å²) in [6.45, 7) is 3.04. The van der Waals surface area contributed by atoms with E-state index in [1.165, 1.54) is 7.11 Å². The van der Waals surface area contributed by atoms with Gasteiger partial charge in [-0.1, -0.05) is 43.6 Å². The number of hydrogen-bond donors (Lipinski definition) is 2. The van der Waals surface area contributed by atoms with Crippen LogP contribution in [0.4, 0.5) is 5.69 Å². The van der Waals surface area contributed by atoms with Crippen LogP contribution in [0, 0.1) is 5.92 Å². The topological polar surface area (TPSA) is 93.7 Å². The lowest BCUT2D eigenvalue weighted by Crippen LogP contribution is -2.46. The molecule has 0 aliphatic carbocycles. The molecule has 2 N–H and O–H groups in total. The molecular weight excluding hydrogens is 396 g/mol. The van der Waals surface area contributed by atoms with Crippen molar-refractivity contribution in [3.63, 3.8) is 0 Å². The van der Waals surface area contributed by atoms with E-state index in [4.69, 9.17) is 21.1 Å². The first-order chi connectivity index (χ1) is 13.8. The minimum atomic E-state index is -0.925. The van der Waals surface area contributed by atoms with Crippen molar-refractivity contribution in [3.05, 3.63) is 59.1 Å². The summed E-state index contributed by atoms with van der Waals surface area (Å²) in [4.78, 5) is 37.0. The van der Waals surface area contributed by atoms with Gasteiger partial charge in [-0.3, -0.25) is 9.59 Å². The van der Waals surface area contributed by atoms with Gasteiger partial charge < -0.3 is 20.1 Å². The Morgan fingerprint density at radius 1 is 1.07 bits per heavy atom. The molecule has 154 valence electrons. The number of para-hydroxylation sites is 1. The smallest absolute Gasteiger partial charge is 0.329 e. The zero-order valence-electron chi connectivity index (χ0n) is 16.4. The lowest BCUT2D eigenvalue weighted by molar-refractivity contribution is -0.150. The molecule has 0 saturated heterocycles. The van der Waals surface area contributed by atoms with Gasteiger partial charge in [0, 0.05) is 10.7 Å². The van der Waals surface area contributed by atoms with Gasteiger partial charge in [0.2, 0.25) is 0 Å². The van der Waals surface area contributed by atoms with Gasteiger partial charge in [-0.15, -0.1) is 0 Å². The number of anilines is 1. The summed E-state index contributed by atoms with van der Waals surface area (Å²) in [5.74, 6) is -1.55. The number of benzene rings is 2. The van der Waals surface area contributed by atoms with E-state index in [-0.39, 0.29) is 5.92 Å². The molecule has 0 aliphatic heterocycles. The maximum atomic E-state index is 12.6. The number of carbonyl (C=O) groups is 3. The average Bonchev–Trinajstić information content (AvgIpc) is 2.69. The Morgan fingerprint density at radius 2 is 1.79 bits per heavy atom. The minimum Gasteiger partial charge on any atom is -0.496 e. The molecule has 0 fully saturated rings. The van der Waals surface area contributed by atoms with E-state index in [0.717, 1.165) is 0 Å². The fourth-order valence-corrected chi connectivity index (χ4v) is 2.73. The summed E-state index contributed by atoms with van der Waals surface area (Å²) in [5.41, 5.74) is 0.788. The number of esters is 1. The largest absolute Gasteiger partial charge is 0.496 e. The maximum Gasteiger partial charge on any atom is 0.329 e. The summed E-state index contributed by atoms with van der Waals surface area (Å²) >= 11 is 5.87. The third-order valence-electron chi connectivity index (χ3n) is 4.01. The number of methoxy groups -OCH3 is 1. The van der Waals surface area contributed by atoms with Crippen molar-refractivity contribution in [2.45, 2.75) is 19.9 Å². The normalized spacial score (nSPS) is 11.5. The molecule has 1 atom stereocenters. The Bertz CT molecular complexity index is 885. The summed E-state index contributed by atoms with van der Waals surface area (Å²) in [7, 11) is 1.46. The second-order valence-corrected chi connectivity index (χ2v) is 7.00. The highest BCUT2D eigenvalue weighted by atomic mass is 35.5. The Hall–Kier alpha value is -3.06. The molecule has 0 aliphatic rings. The van der Waals surface area contributed by atoms with Crippen LogP contribution in [0.2, 0.25) is 5.02 Å². The van der Waals surface area contributed by atoms with Gasteiger partial charge in [-0.25, -0.2) is 4.79 Å². The second-order valence-electron chi connectivity index (χ2n) is 6.56. The highest BCUT2D eigenvalue weighted by molar-refractivity contribution is 6.30. The number of ether oxygens (including phenoxy) is 2. The number of rotatable bonds is 8. The van der Waals surface area contributed by atoms with Crippen LogP contribution in [0.5, 0.6) is 5.75 Å². The van der Waals surface area contributed by atoms with Crippen LogP contribution in [0.1, 0.15) is 24.2 Å². The number of halogens is 1. The molecule has 0 spiro atoms. The molecule has 0 unspecified atom stereocenters. The van der Waals surface area contributed by atoms with E-state index in [1.807, 2.05) is 0 Å². The van der Waals surface area contributed by atoms with E-state index in [1.54, 1.807) is 62.4 Å². The molecule has 0 heterocycles. The number of hydrogen-bond acceptors (Lipinski definition) is 5. The zero-order chi connectivity index (χ0) is 21.4. The van der Waals surface area contributed by atoms with Gasteiger partial charge in [0.15, 0.2) is 6.61 Å². The molecule has 0 radical (unpaired) electrons.